The molecule has 0 bridgehead atoms. The fraction of sp³-hybridized carbons (Fsp3) is 0.364. The SMILES string of the molecule is CC[C@H](CO)NC(=O)c1cc([N+](=O)[O-])ccc1Br. The molecule has 0 radical (unpaired) electrons. The molecular formula is C11H13BrN2O4. The van der Waals surface area contributed by atoms with E-state index >= 15 is 0 Å². The minimum absolute atomic E-state index is 0.152. The van der Waals surface area contributed by atoms with E-state index in [9.17, 15) is 14.9 Å². The molecule has 0 aliphatic heterocycles. The Bertz CT molecular complexity index is 460. The van der Waals surface area contributed by atoms with Gasteiger partial charge in [-0.15, -0.1) is 0 Å². The van der Waals surface area contributed by atoms with E-state index < -0.39 is 10.8 Å². The van der Waals surface area contributed by atoms with Crippen LogP contribution in [0.15, 0.2) is 22.7 Å². The number of nitro groups is 1. The van der Waals surface area contributed by atoms with Crippen molar-refractivity contribution in [1.29, 1.82) is 0 Å². The molecule has 1 rings (SSSR count). The Kier molecular flexibility index (Phi) is 5.24. The van der Waals surface area contributed by atoms with Crippen molar-refractivity contribution in [1.82, 2.24) is 5.32 Å². The molecule has 6 nitrogen and oxygen atoms in total. The van der Waals surface area contributed by atoms with Crippen LogP contribution in [0.25, 0.3) is 0 Å². The van der Waals surface area contributed by atoms with Gasteiger partial charge in [-0.25, -0.2) is 0 Å². The average Bonchev–Trinajstić information content (AvgIpc) is 2.35. The molecule has 0 heterocycles. The molecule has 18 heavy (non-hydrogen) atoms. The summed E-state index contributed by atoms with van der Waals surface area (Å²) < 4.78 is 0.471. The molecule has 0 saturated carbocycles. The lowest BCUT2D eigenvalue weighted by Gasteiger charge is -2.14. The summed E-state index contributed by atoms with van der Waals surface area (Å²) in [6, 6.07) is 3.60. The number of amides is 1. The molecule has 1 amide bonds. The molecular weight excluding hydrogens is 304 g/mol. The summed E-state index contributed by atoms with van der Waals surface area (Å²) in [5.74, 6) is -0.452. The Hall–Kier alpha value is -1.47. The molecule has 0 unspecified atom stereocenters. The fourth-order valence-electron chi connectivity index (χ4n) is 1.34. The van der Waals surface area contributed by atoms with E-state index in [2.05, 4.69) is 21.2 Å². The summed E-state index contributed by atoms with van der Waals surface area (Å²) in [5, 5.41) is 22.2. The maximum atomic E-state index is 11.9. The maximum Gasteiger partial charge on any atom is 0.270 e. The van der Waals surface area contributed by atoms with Crippen molar-refractivity contribution in [3.8, 4) is 0 Å². The van der Waals surface area contributed by atoms with Crippen LogP contribution in [0.1, 0.15) is 23.7 Å². The van der Waals surface area contributed by atoms with Crippen LogP contribution in [-0.4, -0.2) is 28.6 Å². The second-order valence-electron chi connectivity index (χ2n) is 3.68. The number of aliphatic hydroxyl groups is 1. The minimum Gasteiger partial charge on any atom is -0.394 e. The number of aliphatic hydroxyl groups excluding tert-OH is 1. The van der Waals surface area contributed by atoms with Gasteiger partial charge in [-0.3, -0.25) is 14.9 Å². The van der Waals surface area contributed by atoms with Crippen LogP contribution in [-0.2, 0) is 0 Å². The molecule has 0 fully saturated rings. The van der Waals surface area contributed by atoms with Crippen molar-refractivity contribution in [2.24, 2.45) is 0 Å². The number of nitrogens with one attached hydrogen (secondary N) is 1. The number of rotatable bonds is 5. The highest BCUT2D eigenvalue weighted by Crippen LogP contribution is 2.22. The third-order valence-electron chi connectivity index (χ3n) is 2.45. The average molecular weight is 317 g/mol. The quantitative estimate of drug-likeness (QED) is 0.640. The van der Waals surface area contributed by atoms with Crippen molar-refractivity contribution in [3.05, 3.63) is 38.3 Å². The third-order valence-corrected chi connectivity index (χ3v) is 3.15. The first-order chi connectivity index (χ1) is 8.49. The van der Waals surface area contributed by atoms with Gasteiger partial charge < -0.3 is 10.4 Å². The van der Waals surface area contributed by atoms with E-state index in [1.54, 1.807) is 0 Å². The summed E-state index contributed by atoms with van der Waals surface area (Å²) in [4.78, 5) is 22.0. The molecule has 0 aliphatic carbocycles. The monoisotopic (exact) mass is 316 g/mol. The minimum atomic E-state index is -0.563. The number of carbonyl (C=O) groups is 1. The molecule has 0 aromatic heterocycles. The first-order valence-corrected chi connectivity index (χ1v) is 6.14. The second-order valence-corrected chi connectivity index (χ2v) is 4.54. The van der Waals surface area contributed by atoms with Gasteiger partial charge >= 0.3 is 0 Å². The largest absolute Gasteiger partial charge is 0.394 e. The Morgan fingerprint density at radius 3 is 2.78 bits per heavy atom. The van der Waals surface area contributed by atoms with Crippen LogP contribution < -0.4 is 5.32 Å². The maximum absolute atomic E-state index is 11.9. The summed E-state index contributed by atoms with van der Waals surface area (Å²) in [5.41, 5.74) is 0.0245. The van der Waals surface area contributed by atoms with Crippen molar-refractivity contribution >= 4 is 27.5 Å². The highest BCUT2D eigenvalue weighted by Gasteiger charge is 2.17. The van der Waals surface area contributed by atoms with Gasteiger partial charge in [0.25, 0.3) is 11.6 Å². The molecule has 2 N–H and O–H groups in total. The molecule has 0 aliphatic rings. The van der Waals surface area contributed by atoms with Crippen LogP contribution in [0, 0.1) is 10.1 Å². The zero-order valence-electron chi connectivity index (χ0n) is 9.72. The van der Waals surface area contributed by atoms with Gasteiger partial charge in [-0.05, 0) is 28.4 Å². The topological polar surface area (TPSA) is 92.5 Å². The Labute approximate surface area is 112 Å². The smallest absolute Gasteiger partial charge is 0.270 e. The number of hydrogen-bond acceptors (Lipinski definition) is 4. The van der Waals surface area contributed by atoms with E-state index in [-0.39, 0.29) is 23.9 Å². The molecule has 1 atom stereocenters. The zero-order valence-corrected chi connectivity index (χ0v) is 11.3. The Morgan fingerprint density at radius 2 is 2.28 bits per heavy atom. The number of nitrogens with zero attached hydrogens (tertiary/aromatic N) is 1. The normalized spacial score (nSPS) is 11.9. The first kappa shape index (κ1) is 14.6. The van der Waals surface area contributed by atoms with Gasteiger partial charge in [-0.1, -0.05) is 6.92 Å². The van der Waals surface area contributed by atoms with Gasteiger partial charge in [0.15, 0.2) is 0 Å². The molecule has 7 heteroatoms. The molecule has 1 aromatic rings. The molecule has 1 aromatic carbocycles. The van der Waals surface area contributed by atoms with E-state index in [1.807, 2.05) is 6.92 Å². The summed E-state index contributed by atoms with van der Waals surface area (Å²) in [6.07, 6.45) is 0.578. The predicted octanol–water partition coefficient (Wildman–Crippen LogP) is 1.86. The molecule has 0 saturated heterocycles. The first-order valence-electron chi connectivity index (χ1n) is 5.35. The van der Waals surface area contributed by atoms with Crippen LogP contribution in [0.2, 0.25) is 0 Å². The number of halogens is 1. The zero-order chi connectivity index (χ0) is 13.7. The van der Waals surface area contributed by atoms with Crippen LogP contribution in [0.3, 0.4) is 0 Å². The Balaban J connectivity index is 2.97. The summed E-state index contributed by atoms with van der Waals surface area (Å²) in [6.45, 7) is 1.65. The van der Waals surface area contributed by atoms with Gasteiger partial charge in [0.05, 0.1) is 23.1 Å². The van der Waals surface area contributed by atoms with Crippen molar-refractivity contribution < 1.29 is 14.8 Å². The summed E-state index contributed by atoms with van der Waals surface area (Å²) >= 11 is 3.17. The number of hydrogen-bond donors (Lipinski definition) is 2. The van der Waals surface area contributed by atoms with Crippen molar-refractivity contribution in [2.45, 2.75) is 19.4 Å². The summed E-state index contributed by atoms with van der Waals surface area (Å²) in [7, 11) is 0. The molecule has 0 spiro atoms. The van der Waals surface area contributed by atoms with Crippen LogP contribution >= 0.6 is 15.9 Å². The van der Waals surface area contributed by atoms with Gasteiger partial charge in [0, 0.05) is 16.6 Å². The predicted molar refractivity (Wildman–Crippen MR) is 69.4 cm³/mol. The lowest BCUT2D eigenvalue weighted by molar-refractivity contribution is -0.384. The van der Waals surface area contributed by atoms with E-state index in [0.717, 1.165) is 0 Å². The van der Waals surface area contributed by atoms with Crippen molar-refractivity contribution in [2.75, 3.05) is 6.61 Å². The highest BCUT2D eigenvalue weighted by molar-refractivity contribution is 9.10. The van der Waals surface area contributed by atoms with E-state index in [4.69, 9.17) is 5.11 Å². The number of carbonyl (C=O) groups excluding carboxylic acids is 1. The van der Waals surface area contributed by atoms with Gasteiger partial charge in [-0.2, -0.15) is 0 Å². The van der Waals surface area contributed by atoms with Gasteiger partial charge in [0.1, 0.15) is 0 Å². The fourth-order valence-corrected chi connectivity index (χ4v) is 1.77. The lowest BCUT2D eigenvalue weighted by atomic mass is 10.1. The number of non-ortho nitro benzene ring substituents is 1. The van der Waals surface area contributed by atoms with E-state index in [0.29, 0.717) is 10.9 Å². The standard InChI is InChI=1S/C11H13BrN2O4/c1-2-7(6-15)13-11(16)9-5-8(14(17)18)3-4-10(9)12/h3-5,7,15H,2,6H2,1H3,(H,13,16)/t7-/m1/s1. The van der Waals surface area contributed by atoms with Gasteiger partial charge in [0.2, 0.25) is 0 Å². The van der Waals surface area contributed by atoms with Crippen LogP contribution in [0.5, 0.6) is 0 Å². The highest BCUT2D eigenvalue weighted by atomic mass is 79.9. The van der Waals surface area contributed by atoms with Crippen molar-refractivity contribution in [3.63, 3.8) is 0 Å². The van der Waals surface area contributed by atoms with E-state index in [1.165, 1.54) is 18.2 Å². The molecule has 98 valence electrons. The van der Waals surface area contributed by atoms with Crippen LogP contribution in [0.4, 0.5) is 5.69 Å². The number of benzene rings is 1. The second kappa shape index (κ2) is 6.46. The lowest BCUT2D eigenvalue weighted by Crippen LogP contribution is -2.37. The Morgan fingerprint density at radius 1 is 1.61 bits per heavy atom. The number of nitro benzene ring substituents is 1. The third kappa shape index (κ3) is 3.51.